The number of aliphatic hydroxyl groups is 1. The maximum atomic E-state index is 13.1. The van der Waals surface area contributed by atoms with Gasteiger partial charge in [0.15, 0.2) is 0 Å². The Morgan fingerprint density at radius 3 is 2.65 bits per heavy atom. The molecule has 0 aromatic heterocycles. The summed E-state index contributed by atoms with van der Waals surface area (Å²) in [5.74, 6) is -0.395. The smallest absolute Gasteiger partial charge is 0.317 e. The van der Waals surface area contributed by atoms with Crippen LogP contribution in [0.5, 0.6) is 0 Å². The van der Waals surface area contributed by atoms with E-state index in [2.05, 4.69) is 12.2 Å². The van der Waals surface area contributed by atoms with Crippen molar-refractivity contribution in [3.8, 4) is 0 Å². The zero-order valence-electron chi connectivity index (χ0n) is 13.6. The molecule has 1 atom stereocenters. The fourth-order valence-corrected chi connectivity index (χ4v) is 3.35. The van der Waals surface area contributed by atoms with Crippen molar-refractivity contribution in [2.45, 2.75) is 39.2 Å². The number of urea groups is 1. The number of nitrogens with zero attached hydrogens (tertiary/aromatic N) is 1. The molecule has 1 aromatic rings. The fraction of sp³-hybridized carbons (Fsp3) is 0.588. The Morgan fingerprint density at radius 1 is 1.48 bits per heavy atom. The van der Waals surface area contributed by atoms with Crippen LogP contribution in [0.1, 0.15) is 44.7 Å². The highest BCUT2D eigenvalue weighted by atomic mass is 35.5. The summed E-state index contributed by atoms with van der Waals surface area (Å²) < 4.78 is 13.1. The van der Waals surface area contributed by atoms with Crippen molar-refractivity contribution < 1.29 is 14.3 Å². The number of halogens is 2. The van der Waals surface area contributed by atoms with Crippen molar-refractivity contribution in [1.82, 2.24) is 10.2 Å². The summed E-state index contributed by atoms with van der Waals surface area (Å²) in [4.78, 5) is 14.1. The normalized spacial score (nSPS) is 18.6. The van der Waals surface area contributed by atoms with E-state index in [-0.39, 0.29) is 24.1 Å². The summed E-state index contributed by atoms with van der Waals surface area (Å²) in [6, 6.07) is 3.72. The van der Waals surface area contributed by atoms with Gasteiger partial charge in [-0.25, -0.2) is 9.18 Å². The predicted molar refractivity (Wildman–Crippen MR) is 89.0 cm³/mol. The molecule has 4 nitrogen and oxygen atoms in total. The molecule has 2 rings (SSSR count). The molecule has 128 valence electrons. The van der Waals surface area contributed by atoms with E-state index in [1.54, 1.807) is 11.0 Å². The topological polar surface area (TPSA) is 52.6 Å². The van der Waals surface area contributed by atoms with Crippen molar-refractivity contribution in [3.05, 3.63) is 34.6 Å². The summed E-state index contributed by atoms with van der Waals surface area (Å²) >= 11 is 6.04. The van der Waals surface area contributed by atoms with Crippen molar-refractivity contribution in [1.29, 1.82) is 0 Å². The average Bonchev–Trinajstić information content (AvgIpc) is 2.54. The van der Waals surface area contributed by atoms with E-state index in [1.165, 1.54) is 12.1 Å². The average molecular weight is 343 g/mol. The molecule has 1 unspecified atom stereocenters. The lowest BCUT2D eigenvalue weighted by Crippen LogP contribution is -2.48. The van der Waals surface area contributed by atoms with Crippen LogP contribution in [0.15, 0.2) is 18.2 Å². The van der Waals surface area contributed by atoms with Gasteiger partial charge in [0, 0.05) is 24.7 Å². The second kappa shape index (κ2) is 7.49. The molecule has 2 N–H and O–H groups in total. The van der Waals surface area contributed by atoms with Gasteiger partial charge in [-0.2, -0.15) is 0 Å². The van der Waals surface area contributed by atoms with Crippen LogP contribution in [0, 0.1) is 11.2 Å². The van der Waals surface area contributed by atoms with Crippen LogP contribution in [0.25, 0.3) is 0 Å². The maximum absolute atomic E-state index is 13.1. The highest BCUT2D eigenvalue weighted by Crippen LogP contribution is 2.34. The lowest BCUT2D eigenvalue weighted by atomic mass is 9.77. The summed E-state index contributed by atoms with van der Waals surface area (Å²) in [6.07, 6.45) is 2.53. The van der Waals surface area contributed by atoms with E-state index < -0.39 is 5.82 Å². The van der Waals surface area contributed by atoms with E-state index in [0.29, 0.717) is 23.7 Å². The Kier molecular flexibility index (Phi) is 5.87. The van der Waals surface area contributed by atoms with Crippen LogP contribution in [0.4, 0.5) is 9.18 Å². The molecular formula is C17H24ClFN2O2. The summed E-state index contributed by atoms with van der Waals surface area (Å²) in [7, 11) is 0. The standard InChI is InChI=1S/C17H24ClFN2O2/c1-3-17(11-22)6-8-21(9-7-17)16(23)20-12(2)14-5-4-13(19)10-15(14)18/h4-5,10,12,22H,3,6-9,11H2,1-2H3,(H,20,23). The monoisotopic (exact) mass is 342 g/mol. The van der Waals surface area contributed by atoms with Crippen LogP contribution in [0.2, 0.25) is 5.02 Å². The first-order valence-electron chi connectivity index (χ1n) is 8.02. The Balaban J connectivity index is 1.95. The first kappa shape index (κ1) is 18.0. The third kappa shape index (κ3) is 4.15. The summed E-state index contributed by atoms with van der Waals surface area (Å²) in [5.41, 5.74) is 0.638. The molecule has 1 saturated heterocycles. The quantitative estimate of drug-likeness (QED) is 0.875. The number of amides is 2. The number of piperidine rings is 1. The van der Waals surface area contributed by atoms with Crippen molar-refractivity contribution in [2.24, 2.45) is 5.41 Å². The Bertz CT molecular complexity index is 554. The fourth-order valence-electron chi connectivity index (χ4n) is 3.01. The molecule has 0 radical (unpaired) electrons. The molecule has 2 amide bonds. The lowest BCUT2D eigenvalue weighted by molar-refractivity contribution is 0.0516. The van der Waals surface area contributed by atoms with Gasteiger partial charge in [0.05, 0.1) is 6.04 Å². The molecule has 0 saturated carbocycles. The first-order chi connectivity index (χ1) is 10.9. The molecule has 6 heteroatoms. The van der Waals surface area contributed by atoms with E-state index >= 15 is 0 Å². The molecule has 1 aliphatic rings. The molecule has 1 fully saturated rings. The van der Waals surface area contributed by atoms with Gasteiger partial charge in [-0.15, -0.1) is 0 Å². The number of nitrogens with one attached hydrogen (secondary N) is 1. The number of hydrogen-bond donors (Lipinski definition) is 2. The molecular weight excluding hydrogens is 319 g/mol. The van der Waals surface area contributed by atoms with Gasteiger partial charge in [-0.3, -0.25) is 0 Å². The van der Waals surface area contributed by atoms with Gasteiger partial charge in [0.2, 0.25) is 0 Å². The van der Waals surface area contributed by atoms with Crippen molar-refractivity contribution in [2.75, 3.05) is 19.7 Å². The largest absolute Gasteiger partial charge is 0.396 e. The first-order valence-corrected chi connectivity index (χ1v) is 8.40. The third-order valence-corrected chi connectivity index (χ3v) is 5.29. The van der Waals surface area contributed by atoms with Gasteiger partial charge >= 0.3 is 6.03 Å². The van der Waals surface area contributed by atoms with E-state index in [1.807, 2.05) is 6.92 Å². The highest BCUT2D eigenvalue weighted by molar-refractivity contribution is 6.31. The van der Waals surface area contributed by atoms with Gasteiger partial charge in [-0.05, 0) is 49.3 Å². The van der Waals surface area contributed by atoms with Gasteiger partial charge in [0.1, 0.15) is 5.82 Å². The molecule has 0 aliphatic carbocycles. The summed E-state index contributed by atoms with van der Waals surface area (Å²) in [6.45, 7) is 5.32. The molecule has 0 spiro atoms. The second-order valence-electron chi connectivity index (χ2n) is 6.34. The predicted octanol–water partition coefficient (Wildman–Crippen LogP) is 3.73. The van der Waals surface area contributed by atoms with Crippen LogP contribution in [-0.4, -0.2) is 35.7 Å². The number of benzene rings is 1. The van der Waals surface area contributed by atoms with Crippen LogP contribution < -0.4 is 5.32 Å². The highest BCUT2D eigenvalue weighted by Gasteiger charge is 2.34. The number of likely N-dealkylation sites (tertiary alicyclic amines) is 1. The number of carbonyl (C=O) groups is 1. The number of hydrogen-bond acceptors (Lipinski definition) is 2. The minimum absolute atomic E-state index is 0.0529. The SMILES string of the molecule is CCC1(CO)CCN(C(=O)NC(C)c2ccc(F)cc2Cl)CC1. The Hall–Kier alpha value is -1.33. The number of carbonyl (C=O) groups excluding carboxylic acids is 1. The maximum Gasteiger partial charge on any atom is 0.317 e. The van der Waals surface area contributed by atoms with Gasteiger partial charge < -0.3 is 15.3 Å². The second-order valence-corrected chi connectivity index (χ2v) is 6.74. The van der Waals surface area contributed by atoms with Crippen molar-refractivity contribution >= 4 is 17.6 Å². The third-order valence-electron chi connectivity index (χ3n) is 4.97. The van der Waals surface area contributed by atoms with Gasteiger partial charge in [-0.1, -0.05) is 24.6 Å². The number of rotatable bonds is 4. The zero-order valence-corrected chi connectivity index (χ0v) is 14.4. The molecule has 0 bridgehead atoms. The van der Waals surface area contributed by atoms with Crippen LogP contribution >= 0.6 is 11.6 Å². The van der Waals surface area contributed by atoms with E-state index in [0.717, 1.165) is 19.3 Å². The molecule has 1 aromatic carbocycles. The van der Waals surface area contributed by atoms with E-state index in [9.17, 15) is 14.3 Å². The van der Waals surface area contributed by atoms with Crippen LogP contribution in [0.3, 0.4) is 0 Å². The van der Waals surface area contributed by atoms with Crippen molar-refractivity contribution in [3.63, 3.8) is 0 Å². The summed E-state index contributed by atoms with van der Waals surface area (Å²) in [5, 5.41) is 12.8. The lowest BCUT2D eigenvalue weighted by Gasteiger charge is -2.40. The minimum Gasteiger partial charge on any atom is -0.396 e. The zero-order chi connectivity index (χ0) is 17.0. The molecule has 1 aliphatic heterocycles. The van der Waals surface area contributed by atoms with Crippen LogP contribution in [-0.2, 0) is 0 Å². The minimum atomic E-state index is -0.395. The molecule has 23 heavy (non-hydrogen) atoms. The Morgan fingerprint density at radius 2 is 2.13 bits per heavy atom. The Labute approximate surface area is 141 Å². The van der Waals surface area contributed by atoms with E-state index in [4.69, 9.17) is 11.6 Å². The molecule has 1 heterocycles. The van der Waals surface area contributed by atoms with Gasteiger partial charge in [0.25, 0.3) is 0 Å². The number of aliphatic hydroxyl groups excluding tert-OH is 1.